The van der Waals surface area contributed by atoms with Gasteiger partial charge >= 0.3 is 19.8 Å². The van der Waals surface area contributed by atoms with Crippen LogP contribution in [0.25, 0.3) is 0 Å². The Bertz CT molecular complexity index is 1490. The van der Waals surface area contributed by atoms with Crippen LogP contribution in [0.2, 0.25) is 0 Å². The molecule has 0 aliphatic carbocycles. The highest BCUT2D eigenvalue weighted by molar-refractivity contribution is 7.47. The molecule has 0 rings (SSSR count). The number of rotatable bonds is 50. The van der Waals surface area contributed by atoms with E-state index in [0.717, 1.165) is 77.0 Å². The van der Waals surface area contributed by atoms with E-state index in [1.54, 1.807) is 0 Å². The summed E-state index contributed by atoms with van der Waals surface area (Å²) in [6.07, 6.45) is 73.2. The molecular formula is C59H100NO8P. The molecule has 0 aliphatic heterocycles. The first-order valence-corrected chi connectivity index (χ1v) is 28.9. The third kappa shape index (κ3) is 53.9. The molecule has 0 bridgehead atoms. The van der Waals surface area contributed by atoms with Crippen LogP contribution in [-0.2, 0) is 32.7 Å². The highest BCUT2D eigenvalue weighted by atomic mass is 31.2. The highest BCUT2D eigenvalue weighted by Crippen LogP contribution is 2.43. The number of carbonyl (C=O) groups excluding carboxylic acids is 2. The molecule has 0 aromatic carbocycles. The second-order valence-corrected chi connectivity index (χ2v) is 19.1. The molecule has 0 radical (unpaired) electrons. The van der Waals surface area contributed by atoms with Gasteiger partial charge in [0.1, 0.15) is 6.61 Å². The maximum atomic E-state index is 12.7. The first-order chi connectivity index (χ1) is 33.8. The van der Waals surface area contributed by atoms with E-state index in [9.17, 15) is 19.0 Å². The van der Waals surface area contributed by atoms with Crippen LogP contribution in [0.3, 0.4) is 0 Å². The highest BCUT2D eigenvalue weighted by Gasteiger charge is 2.26. The minimum atomic E-state index is -4.40. The zero-order valence-electron chi connectivity index (χ0n) is 43.8. The second kappa shape index (κ2) is 54.0. The van der Waals surface area contributed by atoms with Gasteiger partial charge in [-0.25, -0.2) is 4.57 Å². The van der Waals surface area contributed by atoms with Gasteiger partial charge in [0.15, 0.2) is 6.10 Å². The molecule has 0 amide bonds. The van der Waals surface area contributed by atoms with E-state index in [0.29, 0.717) is 12.8 Å². The summed E-state index contributed by atoms with van der Waals surface area (Å²) < 4.78 is 32.8. The van der Waals surface area contributed by atoms with Crippen LogP contribution in [0.15, 0.2) is 109 Å². The zero-order valence-corrected chi connectivity index (χ0v) is 44.6. The van der Waals surface area contributed by atoms with Crippen LogP contribution in [0.5, 0.6) is 0 Å². The van der Waals surface area contributed by atoms with E-state index >= 15 is 0 Å². The SMILES string of the molecule is CC/C=C\C/C=C\C/C=C\C/C=C\C/C=C\CCCCCCCCCCCCCCCCCCCCCC(=O)OC(COC(=O)CC/C=C\C/C=C\C/C=C\C/C=C\CC)COP(=O)(O)OCCN. The number of hydrogen-bond acceptors (Lipinski definition) is 8. The van der Waals surface area contributed by atoms with Gasteiger partial charge in [0, 0.05) is 19.4 Å². The lowest BCUT2D eigenvalue weighted by Crippen LogP contribution is -2.29. The van der Waals surface area contributed by atoms with Gasteiger partial charge in [-0.1, -0.05) is 232 Å². The molecule has 0 saturated heterocycles. The van der Waals surface area contributed by atoms with Crippen molar-refractivity contribution in [3.05, 3.63) is 109 Å². The average molecular weight is 982 g/mol. The van der Waals surface area contributed by atoms with Crippen molar-refractivity contribution in [1.29, 1.82) is 0 Å². The molecule has 0 saturated carbocycles. The fourth-order valence-electron chi connectivity index (χ4n) is 7.21. The summed E-state index contributed by atoms with van der Waals surface area (Å²) >= 11 is 0. The Morgan fingerprint density at radius 2 is 0.783 bits per heavy atom. The first kappa shape index (κ1) is 65.7. The van der Waals surface area contributed by atoms with Crippen LogP contribution in [0.4, 0.5) is 0 Å². The number of carbonyl (C=O) groups is 2. The first-order valence-electron chi connectivity index (χ1n) is 27.4. The summed E-state index contributed by atoms with van der Waals surface area (Å²) in [5.41, 5.74) is 5.36. The third-order valence-electron chi connectivity index (χ3n) is 11.2. The summed E-state index contributed by atoms with van der Waals surface area (Å²) in [7, 11) is -4.40. The van der Waals surface area contributed by atoms with Crippen molar-refractivity contribution in [2.45, 2.75) is 225 Å². The Balaban J connectivity index is 3.90. The predicted molar refractivity (Wildman–Crippen MR) is 293 cm³/mol. The van der Waals surface area contributed by atoms with Gasteiger partial charge in [-0.05, 0) is 83.5 Å². The van der Waals surface area contributed by atoms with Crippen LogP contribution in [0.1, 0.15) is 219 Å². The molecule has 10 heteroatoms. The number of phosphoric ester groups is 1. The van der Waals surface area contributed by atoms with Gasteiger partial charge < -0.3 is 20.1 Å². The van der Waals surface area contributed by atoms with Crippen molar-refractivity contribution < 1.29 is 37.6 Å². The topological polar surface area (TPSA) is 134 Å². The number of esters is 2. The maximum absolute atomic E-state index is 12.7. The number of unbranched alkanes of at least 4 members (excludes halogenated alkanes) is 19. The van der Waals surface area contributed by atoms with E-state index < -0.39 is 32.5 Å². The summed E-state index contributed by atoms with van der Waals surface area (Å²) in [6.45, 7) is 3.42. The Kier molecular flexibility index (Phi) is 51.4. The lowest BCUT2D eigenvalue weighted by atomic mass is 10.0. The molecule has 0 heterocycles. The number of phosphoric acid groups is 1. The number of allylic oxidation sites excluding steroid dienone is 18. The standard InChI is InChI=1S/C59H100NO8P/c1-3-5-7-9-11-13-15-17-18-19-20-21-22-23-24-25-26-27-28-29-30-31-32-33-34-35-36-37-38-40-42-44-46-48-50-52-59(62)68-57(56-67-69(63,64)66-54-53-60)55-65-58(61)51-49-47-45-43-41-39-16-14-12-10-8-6-4-2/h5-8,11-14,17-18,20-21,23-24,39,41,45,47,57H,3-4,9-10,15-16,19,22,25-38,40,42-44,46,48-56,60H2,1-2H3,(H,63,64)/b7-5-,8-6-,13-11-,14-12-,18-17-,21-20-,24-23-,41-39-,47-45-. The van der Waals surface area contributed by atoms with Crippen molar-refractivity contribution in [3.8, 4) is 0 Å². The molecule has 0 aromatic rings. The molecule has 9 nitrogen and oxygen atoms in total. The smallest absolute Gasteiger partial charge is 0.462 e. The Labute approximate surface area is 422 Å². The maximum Gasteiger partial charge on any atom is 0.472 e. The van der Waals surface area contributed by atoms with Crippen LogP contribution in [-0.4, -0.2) is 49.3 Å². The number of ether oxygens (including phenoxy) is 2. The summed E-state index contributed by atoms with van der Waals surface area (Å²) in [5, 5.41) is 0. The zero-order chi connectivity index (χ0) is 50.2. The Hall–Kier alpha value is -3.33. The van der Waals surface area contributed by atoms with Crippen molar-refractivity contribution in [1.82, 2.24) is 0 Å². The Morgan fingerprint density at radius 1 is 0.435 bits per heavy atom. The van der Waals surface area contributed by atoms with Gasteiger partial charge in [0.05, 0.1) is 13.2 Å². The van der Waals surface area contributed by atoms with Gasteiger partial charge in [-0.3, -0.25) is 18.6 Å². The molecule has 2 unspecified atom stereocenters. The van der Waals surface area contributed by atoms with Gasteiger partial charge in [0.2, 0.25) is 0 Å². The average Bonchev–Trinajstić information content (AvgIpc) is 3.34. The van der Waals surface area contributed by atoms with Gasteiger partial charge in [-0.15, -0.1) is 0 Å². The van der Waals surface area contributed by atoms with E-state index in [1.165, 1.54) is 103 Å². The van der Waals surface area contributed by atoms with Crippen LogP contribution >= 0.6 is 7.82 Å². The van der Waals surface area contributed by atoms with Gasteiger partial charge in [0.25, 0.3) is 0 Å². The van der Waals surface area contributed by atoms with Crippen molar-refractivity contribution in [2.75, 3.05) is 26.4 Å². The van der Waals surface area contributed by atoms with Crippen LogP contribution < -0.4 is 5.73 Å². The van der Waals surface area contributed by atoms with Crippen molar-refractivity contribution >= 4 is 19.8 Å². The largest absolute Gasteiger partial charge is 0.472 e. The van der Waals surface area contributed by atoms with Crippen molar-refractivity contribution in [3.63, 3.8) is 0 Å². The second-order valence-electron chi connectivity index (χ2n) is 17.7. The van der Waals surface area contributed by atoms with E-state index in [1.807, 2.05) is 12.2 Å². The normalized spacial score (nSPS) is 14.0. The van der Waals surface area contributed by atoms with E-state index in [4.69, 9.17) is 24.3 Å². The lowest BCUT2D eigenvalue weighted by molar-refractivity contribution is -0.161. The molecular weight excluding hydrogens is 882 g/mol. The number of hydrogen-bond donors (Lipinski definition) is 2. The fraction of sp³-hybridized carbons (Fsp3) is 0.661. The van der Waals surface area contributed by atoms with E-state index in [-0.39, 0.29) is 32.6 Å². The lowest BCUT2D eigenvalue weighted by Gasteiger charge is -2.19. The molecule has 0 aliphatic rings. The minimum absolute atomic E-state index is 0.0409. The molecule has 0 aromatic heterocycles. The molecule has 69 heavy (non-hydrogen) atoms. The van der Waals surface area contributed by atoms with E-state index in [2.05, 4.69) is 111 Å². The van der Waals surface area contributed by atoms with Crippen LogP contribution in [0, 0.1) is 0 Å². The molecule has 3 N–H and O–H groups in total. The summed E-state index contributed by atoms with van der Waals surface area (Å²) in [5.74, 6) is -0.925. The summed E-state index contributed by atoms with van der Waals surface area (Å²) in [6, 6.07) is 0. The molecule has 2 atom stereocenters. The quantitative estimate of drug-likeness (QED) is 0.0264. The molecule has 394 valence electrons. The Morgan fingerprint density at radius 3 is 1.17 bits per heavy atom. The predicted octanol–water partition coefficient (Wildman–Crippen LogP) is 17.1. The number of nitrogens with two attached hydrogens (primary N) is 1. The van der Waals surface area contributed by atoms with Crippen molar-refractivity contribution in [2.24, 2.45) is 5.73 Å². The minimum Gasteiger partial charge on any atom is -0.462 e. The molecule has 0 fully saturated rings. The monoisotopic (exact) mass is 982 g/mol. The molecule has 0 spiro atoms. The van der Waals surface area contributed by atoms with Gasteiger partial charge in [-0.2, -0.15) is 0 Å². The third-order valence-corrected chi connectivity index (χ3v) is 12.2. The summed E-state index contributed by atoms with van der Waals surface area (Å²) in [4.78, 5) is 35.0. The fourth-order valence-corrected chi connectivity index (χ4v) is 7.97.